The van der Waals surface area contributed by atoms with Crippen molar-refractivity contribution >= 4 is 22.6 Å². The Bertz CT molecular complexity index is 952. The van der Waals surface area contributed by atoms with Crippen molar-refractivity contribution in [3.8, 4) is 11.9 Å². The van der Waals surface area contributed by atoms with Crippen molar-refractivity contribution in [2.24, 2.45) is 0 Å². The van der Waals surface area contributed by atoms with E-state index >= 15 is 0 Å². The fraction of sp³-hybridized carbons (Fsp3) is 0.263. The minimum atomic E-state index is -0.640. The highest BCUT2D eigenvalue weighted by Gasteiger charge is 2.26. The average molecular weight is 369 g/mol. The van der Waals surface area contributed by atoms with E-state index in [4.69, 9.17) is 16.3 Å². The molecule has 0 aliphatic heterocycles. The van der Waals surface area contributed by atoms with Crippen molar-refractivity contribution in [3.05, 3.63) is 58.6 Å². The number of allylic oxidation sites excluding steroid dienone is 2. The maximum Gasteiger partial charge on any atom is 0.348 e. The molecule has 0 aromatic carbocycles. The van der Waals surface area contributed by atoms with Crippen molar-refractivity contribution in [1.82, 2.24) is 14.8 Å². The third kappa shape index (κ3) is 3.26. The molecular formula is C19H17ClN4O2. The van der Waals surface area contributed by atoms with Crippen LogP contribution in [0, 0.1) is 18.3 Å². The first-order valence-electron chi connectivity index (χ1n) is 8.24. The van der Waals surface area contributed by atoms with Crippen LogP contribution >= 0.6 is 11.6 Å². The zero-order chi connectivity index (χ0) is 18.7. The quantitative estimate of drug-likeness (QED) is 0.469. The van der Waals surface area contributed by atoms with E-state index in [0.29, 0.717) is 17.9 Å². The second-order valence-electron chi connectivity index (χ2n) is 5.74. The topological polar surface area (TPSA) is 80.8 Å². The minimum absolute atomic E-state index is 0.0572. The molecule has 0 radical (unpaired) electrons. The fourth-order valence-corrected chi connectivity index (χ4v) is 3.33. The van der Waals surface area contributed by atoms with Crippen LogP contribution in [0.25, 0.3) is 10.9 Å². The molecule has 0 amide bonds. The summed E-state index contributed by atoms with van der Waals surface area (Å²) < 4.78 is 6.70. The molecule has 2 heterocycles. The molecule has 0 saturated heterocycles. The number of nitriles is 1. The molecule has 2 aromatic rings. The van der Waals surface area contributed by atoms with E-state index in [9.17, 15) is 10.1 Å². The van der Waals surface area contributed by atoms with E-state index in [2.05, 4.69) is 10.1 Å². The number of esters is 1. The molecule has 132 valence electrons. The summed E-state index contributed by atoms with van der Waals surface area (Å²) in [5.41, 5.74) is 3.25. The molecule has 0 N–H and O–H groups in total. The molecule has 0 unspecified atom stereocenters. The molecule has 0 bridgehead atoms. The molecule has 6 nitrogen and oxygen atoms in total. The fourth-order valence-electron chi connectivity index (χ4n) is 2.94. The first-order chi connectivity index (χ1) is 12.6. The zero-order valence-electron chi connectivity index (χ0n) is 14.5. The SMILES string of the molecule is CCOC(=O)/C(C#N)=C\C1=C(Cl)c2c(C)nn(-c3ccccn3)c2CC1. The number of hydrogen-bond donors (Lipinski definition) is 0. The molecule has 1 aliphatic carbocycles. The number of aromatic nitrogens is 3. The highest BCUT2D eigenvalue weighted by molar-refractivity contribution is 6.50. The molecule has 7 heteroatoms. The molecule has 0 atom stereocenters. The van der Waals surface area contributed by atoms with Crippen LogP contribution in [0.15, 0.2) is 41.6 Å². The van der Waals surface area contributed by atoms with Crippen LogP contribution in [-0.4, -0.2) is 27.3 Å². The number of pyridine rings is 1. The number of carbonyl (C=O) groups is 1. The highest BCUT2D eigenvalue weighted by atomic mass is 35.5. The summed E-state index contributed by atoms with van der Waals surface area (Å²) in [6, 6.07) is 7.52. The van der Waals surface area contributed by atoms with Gasteiger partial charge in [0.15, 0.2) is 5.82 Å². The predicted octanol–water partition coefficient (Wildman–Crippen LogP) is 3.48. The van der Waals surface area contributed by atoms with Gasteiger partial charge < -0.3 is 4.74 Å². The van der Waals surface area contributed by atoms with Gasteiger partial charge in [-0.1, -0.05) is 17.7 Å². The molecule has 0 saturated carbocycles. The Morgan fingerprint density at radius 1 is 1.46 bits per heavy atom. The van der Waals surface area contributed by atoms with E-state index < -0.39 is 5.97 Å². The van der Waals surface area contributed by atoms with Gasteiger partial charge in [0.2, 0.25) is 0 Å². The lowest BCUT2D eigenvalue weighted by molar-refractivity contribution is -0.138. The normalized spacial score (nSPS) is 14.0. The van der Waals surface area contributed by atoms with Crippen LogP contribution in [0.4, 0.5) is 0 Å². The molecule has 2 aromatic heterocycles. The molecule has 3 rings (SSSR count). The average Bonchev–Trinajstić information content (AvgIpc) is 2.99. The predicted molar refractivity (Wildman–Crippen MR) is 97.5 cm³/mol. The minimum Gasteiger partial charge on any atom is -0.462 e. The van der Waals surface area contributed by atoms with Crippen LogP contribution in [0.3, 0.4) is 0 Å². The summed E-state index contributed by atoms with van der Waals surface area (Å²) in [5, 5.41) is 14.3. The number of carbonyl (C=O) groups excluding carboxylic acids is 1. The van der Waals surface area contributed by atoms with E-state index in [-0.39, 0.29) is 12.2 Å². The largest absolute Gasteiger partial charge is 0.462 e. The second-order valence-corrected chi connectivity index (χ2v) is 6.11. The third-order valence-corrected chi connectivity index (χ3v) is 4.52. The first kappa shape index (κ1) is 17.9. The summed E-state index contributed by atoms with van der Waals surface area (Å²) in [6.07, 6.45) is 4.50. The van der Waals surface area contributed by atoms with Crippen LogP contribution in [0.2, 0.25) is 0 Å². The molecule has 26 heavy (non-hydrogen) atoms. The molecule has 1 aliphatic rings. The van der Waals surface area contributed by atoms with Crippen LogP contribution in [0.5, 0.6) is 0 Å². The van der Waals surface area contributed by atoms with Gasteiger partial charge in [0.1, 0.15) is 11.6 Å². The van der Waals surface area contributed by atoms with Gasteiger partial charge in [0, 0.05) is 11.8 Å². The second kappa shape index (κ2) is 7.54. The Balaban J connectivity index is 2.06. The number of ether oxygens (including phenoxy) is 1. The highest BCUT2D eigenvalue weighted by Crippen LogP contribution is 2.37. The van der Waals surface area contributed by atoms with Gasteiger partial charge in [0.25, 0.3) is 0 Å². The molecule has 0 fully saturated rings. The van der Waals surface area contributed by atoms with Crippen molar-refractivity contribution in [3.63, 3.8) is 0 Å². The number of hydrogen-bond acceptors (Lipinski definition) is 5. The van der Waals surface area contributed by atoms with Gasteiger partial charge in [0.05, 0.1) is 23.0 Å². The summed E-state index contributed by atoms with van der Waals surface area (Å²) in [5.74, 6) is 0.0863. The van der Waals surface area contributed by atoms with Gasteiger partial charge in [-0.2, -0.15) is 10.4 Å². The lowest BCUT2D eigenvalue weighted by Crippen LogP contribution is -2.10. The van der Waals surface area contributed by atoms with Crippen LogP contribution in [-0.2, 0) is 16.0 Å². The number of aryl methyl sites for hydroxylation is 1. The Hall–Kier alpha value is -2.91. The molecule has 0 spiro atoms. The summed E-state index contributed by atoms with van der Waals surface area (Å²) in [7, 11) is 0. The van der Waals surface area contributed by atoms with Crippen molar-refractivity contribution < 1.29 is 9.53 Å². The van der Waals surface area contributed by atoms with E-state index in [1.54, 1.807) is 17.8 Å². The summed E-state index contributed by atoms with van der Waals surface area (Å²) in [6.45, 7) is 3.79. The van der Waals surface area contributed by atoms with E-state index in [1.165, 1.54) is 6.08 Å². The Labute approximate surface area is 156 Å². The Morgan fingerprint density at radius 2 is 2.27 bits per heavy atom. The van der Waals surface area contributed by atoms with Gasteiger partial charge in [-0.05, 0) is 50.5 Å². The molecular weight excluding hydrogens is 352 g/mol. The van der Waals surface area contributed by atoms with Crippen molar-refractivity contribution in [1.29, 1.82) is 5.26 Å². The van der Waals surface area contributed by atoms with Gasteiger partial charge >= 0.3 is 5.97 Å². The maximum atomic E-state index is 11.9. The van der Waals surface area contributed by atoms with E-state index in [0.717, 1.165) is 28.3 Å². The number of halogens is 1. The number of nitrogens with zero attached hydrogens (tertiary/aromatic N) is 4. The maximum absolute atomic E-state index is 11.9. The smallest absolute Gasteiger partial charge is 0.348 e. The van der Waals surface area contributed by atoms with Gasteiger partial charge in [-0.25, -0.2) is 14.5 Å². The van der Waals surface area contributed by atoms with Gasteiger partial charge in [-0.15, -0.1) is 0 Å². The summed E-state index contributed by atoms with van der Waals surface area (Å²) in [4.78, 5) is 16.2. The lowest BCUT2D eigenvalue weighted by atomic mass is 9.94. The first-order valence-corrected chi connectivity index (χ1v) is 8.62. The zero-order valence-corrected chi connectivity index (χ0v) is 15.2. The van der Waals surface area contributed by atoms with Crippen molar-refractivity contribution in [2.75, 3.05) is 6.61 Å². The standard InChI is InChI=1S/C19H17ClN4O2/c1-3-26-19(25)14(11-21)10-13-7-8-15-17(18(13)20)12(2)23-24(15)16-6-4-5-9-22-16/h4-6,9-10H,3,7-8H2,1-2H3/b14-10-. The van der Waals surface area contributed by atoms with Crippen LogP contribution in [0.1, 0.15) is 30.3 Å². The summed E-state index contributed by atoms with van der Waals surface area (Å²) >= 11 is 6.60. The number of rotatable bonds is 4. The van der Waals surface area contributed by atoms with Gasteiger partial charge in [-0.3, -0.25) is 0 Å². The van der Waals surface area contributed by atoms with Crippen LogP contribution < -0.4 is 0 Å². The van der Waals surface area contributed by atoms with Crippen molar-refractivity contribution in [2.45, 2.75) is 26.7 Å². The third-order valence-electron chi connectivity index (χ3n) is 4.09. The number of fused-ring (bicyclic) bond motifs is 1. The lowest BCUT2D eigenvalue weighted by Gasteiger charge is -2.16. The van der Waals surface area contributed by atoms with E-state index in [1.807, 2.05) is 31.2 Å². The monoisotopic (exact) mass is 368 g/mol. The Kier molecular flexibility index (Phi) is 5.19. The Morgan fingerprint density at radius 3 is 2.92 bits per heavy atom.